The first-order valence-electron chi connectivity index (χ1n) is 10.5. The van der Waals surface area contributed by atoms with Gasteiger partial charge in [0.25, 0.3) is 5.91 Å². The lowest BCUT2D eigenvalue weighted by atomic mass is 9.89. The molecule has 0 unspecified atom stereocenters. The van der Waals surface area contributed by atoms with Gasteiger partial charge < -0.3 is 10.4 Å². The van der Waals surface area contributed by atoms with Crippen molar-refractivity contribution in [2.24, 2.45) is 11.0 Å². The molecular weight excluding hydrogens is 402 g/mol. The molecule has 0 aromatic heterocycles. The van der Waals surface area contributed by atoms with Gasteiger partial charge in [-0.1, -0.05) is 74.5 Å². The van der Waals surface area contributed by atoms with E-state index in [9.17, 15) is 14.7 Å². The van der Waals surface area contributed by atoms with Crippen molar-refractivity contribution >= 4 is 18.0 Å². The normalized spacial score (nSPS) is 12.1. The number of aromatic hydroxyl groups is 1. The molecule has 1 atom stereocenters. The molecule has 32 heavy (non-hydrogen) atoms. The van der Waals surface area contributed by atoms with Gasteiger partial charge in [-0.3, -0.25) is 9.59 Å². The summed E-state index contributed by atoms with van der Waals surface area (Å²) < 4.78 is 0. The highest BCUT2D eigenvalue weighted by Crippen LogP contribution is 2.25. The molecule has 6 nitrogen and oxygen atoms in total. The van der Waals surface area contributed by atoms with Crippen molar-refractivity contribution in [3.05, 3.63) is 102 Å². The zero-order valence-electron chi connectivity index (χ0n) is 18.1. The first kappa shape index (κ1) is 22.7. The highest BCUT2D eigenvalue weighted by molar-refractivity contribution is 5.93. The molecule has 3 aromatic rings. The third kappa shape index (κ3) is 6.04. The van der Waals surface area contributed by atoms with Crippen molar-refractivity contribution in [3.63, 3.8) is 0 Å². The fourth-order valence-corrected chi connectivity index (χ4v) is 3.36. The predicted octanol–water partition coefficient (Wildman–Crippen LogP) is 3.82. The van der Waals surface area contributed by atoms with Gasteiger partial charge in [0, 0.05) is 0 Å². The number of phenols is 1. The Hall–Kier alpha value is -3.93. The summed E-state index contributed by atoms with van der Waals surface area (Å²) in [5.41, 5.74) is 4.93. The number of phenolic OH excluding ortho intramolecular Hbond substituents is 1. The third-order valence-electron chi connectivity index (χ3n) is 5.06. The number of hydrogen-bond acceptors (Lipinski definition) is 4. The van der Waals surface area contributed by atoms with Crippen LogP contribution in [0.25, 0.3) is 0 Å². The second kappa shape index (κ2) is 10.9. The van der Waals surface area contributed by atoms with Crippen LogP contribution in [0, 0.1) is 5.92 Å². The van der Waals surface area contributed by atoms with Gasteiger partial charge in [0.2, 0.25) is 5.91 Å². The molecular formula is C26H27N3O3. The zero-order chi connectivity index (χ0) is 22.9. The lowest BCUT2D eigenvalue weighted by molar-refractivity contribution is -0.130. The van der Waals surface area contributed by atoms with E-state index in [4.69, 9.17) is 0 Å². The molecule has 0 saturated heterocycles. The first-order chi connectivity index (χ1) is 15.5. The lowest BCUT2D eigenvalue weighted by Gasteiger charge is -2.24. The van der Waals surface area contributed by atoms with Gasteiger partial charge in [-0.25, -0.2) is 5.43 Å². The highest BCUT2D eigenvalue weighted by atomic mass is 16.3. The highest BCUT2D eigenvalue weighted by Gasteiger charge is 2.29. The number of carbonyl (C=O) groups excluding carboxylic acids is 2. The fourth-order valence-electron chi connectivity index (χ4n) is 3.36. The van der Waals surface area contributed by atoms with Crippen molar-refractivity contribution in [3.8, 4) is 5.75 Å². The maximum Gasteiger partial charge on any atom is 0.262 e. The number of hydrogen-bond donors (Lipinski definition) is 3. The SMILES string of the molecule is CC(C)[C@H](NC(=O)C(c1ccccc1)c1ccccc1)C(=O)N/N=C\c1ccc(O)cc1. The summed E-state index contributed by atoms with van der Waals surface area (Å²) in [5, 5.41) is 16.2. The van der Waals surface area contributed by atoms with E-state index >= 15 is 0 Å². The molecule has 3 aromatic carbocycles. The number of amides is 2. The predicted molar refractivity (Wildman–Crippen MR) is 125 cm³/mol. The van der Waals surface area contributed by atoms with E-state index in [0.29, 0.717) is 0 Å². The van der Waals surface area contributed by atoms with Gasteiger partial charge in [0.1, 0.15) is 11.8 Å². The second-order valence-electron chi connectivity index (χ2n) is 7.81. The number of hydrazone groups is 1. The molecule has 3 rings (SSSR count). The van der Waals surface area contributed by atoms with E-state index < -0.39 is 17.9 Å². The quantitative estimate of drug-likeness (QED) is 0.376. The summed E-state index contributed by atoms with van der Waals surface area (Å²) in [6.07, 6.45) is 1.48. The summed E-state index contributed by atoms with van der Waals surface area (Å²) in [7, 11) is 0. The van der Waals surface area contributed by atoms with E-state index in [0.717, 1.165) is 16.7 Å². The molecule has 0 aliphatic carbocycles. The minimum Gasteiger partial charge on any atom is -0.508 e. The fraction of sp³-hybridized carbons (Fsp3) is 0.192. The molecule has 0 saturated carbocycles. The largest absolute Gasteiger partial charge is 0.508 e. The van der Waals surface area contributed by atoms with Crippen molar-refractivity contribution in [1.82, 2.24) is 10.7 Å². The molecule has 164 valence electrons. The summed E-state index contributed by atoms with van der Waals surface area (Å²) in [6, 6.07) is 24.7. The van der Waals surface area contributed by atoms with E-state index in [1.54, 1.807) is 12.1 Å². The summed E-state index contributed by atoms with van der Waals surface area (Å²) >= 11 is 0. The van der Waals surface area contributed by atoms with Gasteiger partial charge in [-0.05, 0) is 46.9 Å². The van der Waals surface area contributed by atoms with E-state index in [1.165, 1.54) is 18.3 Å². The number of carbonyl (C=O) groups is 2. The Morgan fingerprint density at radius 2 is 1.34 bits per heavy atom. The number of nitrogens with zero attached hydrogens (tertiary/aromatic N) is 1. The molecule has 0 radical (unpaired) electrons. The van der Waals surface area contributed by atoms with Crippen LogP contribution in [0.1, 0.15) is 36.5 Å². The second-order valence-corrected chi connectivity index (χ2v) is 7.81. The Labute approximate surface area is 188 Å². The number of benzene rings is 3. The van der Waals surface area contributed by atoms with Gasteiger partial charge >= 0.3 is 0 Å². The molecule has 0 aliphatic rings. The molecule has 0 spiro atoms. The Morgan fingerprint density at radius 1 is 0.812 bits per heavy atom. The molecule has 6 heteroatoms. The molecule has 0 aliphatic heterocycles. The van der Waals surface area contributed by atoms with Crippen molar-refractivity contribution in [2.75, 3.05) is 0 Å². The van der Waals surface area contributed by atoms with Crippen LogP contribution >= 0.6 is 0 Å². The van der Waals surface area contributed by atoms with E-state index in [2.05, 4.69) is 15.8 Å². The summed E-state index contributed by atoms with van der Waals surface area (Å²) in [6.45, 7) is 3.74. The van der Waals surface area contributed by atoms with Gasteiger partial charge in [-0.15, -0.1) is 0 Å². The zero-order valence-corrected chi connectivity index (χ0v) is 18.1. The monoisotopic (exact) mass is 429 g/mol. The van der Waals surface area contributed by atoms with Crippen LogP contribution in [0.15, 0.2) is 90.0 Å². The average Bonchev–Trinajstić information content (AvgIpc) is 2.80. The molecule has 0 bridgehead atoms. The van der Waals surface area contributed by atoms with Crippen LogP contribution in [0.2, 0.25) is 0 Å². The van der Waals surface area contributed by atoms with Crippen LogP contribution in [-0.4, -0.2) is 29.2 Å². The van der Waals surface area contributed by atoms with Gasteiger partial charge in [0.15, 0.2) is 0 Å². The number of nitrogens with one attached hydrogen (secondary N) is 2. The minimum absolute atomic E-state index is 0.144. The standard InChI is InChI=1S/C26H27N3O3/c1-18(2)24(26(32)29-27-17-19-13-15-22(30)16-14-19)28-25(31)23(20-9-5-3-6-10-20)21-11-7-4-8-12-21/h3-18,23-24,30H,1-2H3,(H,28,31)(H,29,32)/b27-17-/t24-/m0/s1. The Morgan fingerprint density at radius 3 is 1.84 bits per heavy atom. The average molecular weight is 430 g/mol. The minimum atomic E-state index is -0.755. The van der Waals surface area contributed by atoms with Crippen molar-refractivity contribution < 1.29 is 14.7 Å². The summed E-state index contributed by atoms with van der Waals surface area (Å²) in [5.74, 6) is -1.18. The first-order valence-corrected chi connectivity index (χ1v) is 10.5. The van der Waals surface area contributed by atoms with Gasteiger partial charge in [0.05, 0.1) is 12.1 Å². The molecule has 0 heterocycles. The van der Waals surface area contributed by atoms with Gasteiger partial charge in [-0.2, -0.15) is 5.10 Å². The van der Waals surface area contributed by atoms with Crippen molar-refractivity contribution in [2.45, 2.75) is 25.8 Å². The Balaban J connectivity index is 1.75. The van der Waals surface area contributed by atoms with Crippen LogP contribution in [0.4, 0.5) is 0 Å². The molecule has 0 fully saturated rings. The van der Waals surface area contributed by atoms with Crippen LogP contribution in [0.5, 0.6) is 5.75 Å². The Bertz CT molecular complexity index is 1010. The maximum absolute atomic E-state index is 13.3. The molecule has 3 N–H and O–H groups in total. The third-order valence-corrected chi connectivity index (χ3v) is 5.06. The Kier molecular flexibility index (Phi) is 7.75. The number of rotatable bonds is 8. The van der Waals surface area contributed by atoms with Crippen LogP contribution < -0.4 is 10.7 Å². The lowest BCUT2D eigenvalue weighted by Crippen LogP contribution is -2.50. The smallest absolute Gasteiger partial charge is 0.262 e. The van der Waals surface area contributed by atoms with E-state index in [1.807, 2.05) is 74.5 Å². The molecule has 2 amide bonds. The van der Waals surface area contributed by atoms with Crippen LogP contribution in [-0.2, 0) is 9.59 Å². The maximum atomic E-state index is 13.3. The van der Waals surface area contributed by atoms with Crippen molar-refractivity contribution in [1.29, 1.82) is 0 Å². The van der Waals surface area contributed by atoms with E-state index in [-0.39, 0.29) is 17.6 Å². The van der Waals surface area contributed by atoms with Crippen LogP contribution in [0.3, 0.4) is 0 Å². The topological polar surface area (TPSA) is 90.8 Å². The summed E-state index contributed by atoms with van der Waals surface area (Å²) in [4.78, 5) is 26.1.